The molecule has 1 amide bonds. The van der Waals surface area contributed by atoms with Crippen molar-refractivity contribution >= 4 is 5.91 Å². The first-order chi connectivity index (χ1) is 9.67. The molecular formula is C15H19FN2O2. The minimum Gasteiger partial charge on any atom is -0.387 e. The van der Waals surface area contributed by atoms with Gasteiger partial charge in [-0.15, -0.1) is 0 Å². The van der Waals surface area contributed by atoms with Gasteiger partial charge in [0.2, 0.25) is 5.91 Å². The van der Waals surface area contributed by atoms with E-state index in [1.807, 2.05) is 17.0 Å². The third-order valence-electron chi connectivity index (χ3n) is 4.30. The van der Waals surface area contributed by atoms with Crippen molar-refractivity contribution < 1.29 is 14.3 Å². The summed E-state index contributed by atoms with van der Waals surface area (Å²) >= 11 is 0. The number of hydrogen-bond acceptors (Lipinski definition) is 3. The first-order valence-corrected chi connectivity index (χ1v) is 7.06. The zero-order valence-electron chi connectivity index (χ0n) is 11.3. The molecule has 20 heavy (non-hydrogen) atoms. The molecule has 5 heteroatoms. The zero-order chi connectivity index (χ0) is 14.1. The first-order valence-electron chi connectivity index (χ1n) is 7.06. The van der Waals surface area contributed by atoms with Gasteiger partial charge < -0.3 is 10.0 Å². The SMILES string of the molecule is O=C(CO)N1C2CCC1CN(Cc1ccc(F)cc1)C2. The second-order valence-electron chi connectivity index (χ2n) is 5.66. The van der Waals surface area contributed by atoms with Crippen LogP contribution in [0.5, 0.6) is 0 Å². The Hall–Kier alpha value is -1.46. The van der Waals surface area contributed by atoms with Gasteiger partial charge in [-0.05, 0) is 30.5 Å². The molecule has 2 aliphatic heterocycles. The molecule has 2 aliphatic rings. The lowest BCUT2D eigenvalue weighted by Crippen LogP contribution is -2.56. The fourth-order valence-electron chi connectivity index (χ4n) is 3.46. The van der Waals surface area contributed by atoms with Crippen molar-refractivity contribution in [2.75, 3.05) is 19.7 Å². The van der Waals surface area contributed by atoms with E-state index in [0.717, 1.165) is 38.0 Å². The number of fused-ring (bicyclic) bond motifs is 2. The van der Waals surface area contributed by atoms with E-state index in [4.69, 9.17) is 5.11 Å². The summed E-state index contributed by atoms with van der Waals surface area (Å²) in [5.41, 5.74) is 1.09. The fourth-order valence-corrected chi connectivity index (χ4v) is 3.46. The lowest BCUT2D eigenvalue weighted by atomic mass is 10.1. The van der Waals surface area contributed by atoms with Crippen LogP contribution in [0.1, 0.15) is 18.4 Å². The molecule has 0 spiro atoms. The third kappa shape index (κ3) is 2.55. The van der Waals surface area contributed by atoms with Crippen molar-refractivity contribution in [3.63, 3.8) is 0 Å². The Morgan fingerprint density at radius 1 is 1.20 bits per heavy atom. The predicted octanol–water partition coefficient (Wildman–Crippen LogP) is 0.993. The molecule has 4 nitrogen and oxygen atoms in total. The average Bonchev–Trinajstić information content (AvgIpc) is 2.72. The van der Waals surface area contributed by atoms with Gasteiger partial charge in [0.05, 0.1) is 0 Å². The van der Waals surface area contributed by atoms with E-state index in [1.54, 1.807) is 0 Å². The van der Waals surface area contributed by atoms with Crippen LogP contribution in [0.3, 0.4) is 0 Å². The Morgan fingerprint density at radius 3 is 2.35 bits per heavy atom. The standard InChI is InChI=1S/C15H19FN2O2/c16-12-3-1-11(2-4-12)7-17-8-13-5-6-14(9-17)18(13)15(20)10-19/h1-4,13-14,19H,5-10H2. The lowest BCUT2D eigenvalue weighted by molar-refractivity contribution is -0.140. The maximum atomic E-state index is 12.9. The number of rotatable bonds is 3. The molecule has 2 unspecified atom stereocenters. The summed E-state index contributed by atoms with van der Waals surface area (Å²) in [7, 11) is 0. The largest absolute Gasteiger partial charge is 0.387 e. The number of carbonyl (C=O) groups excluding carboxylic acids is 1. The van der Waals surface area contributed by atoms with Crippen molar-refractivity contribution in [2.45, 2.75) is 31.5 Å². The number of likely N-dealkylation sites (tertiary alicyclic amines) is 1. The predicted molar refractivity (Wildman–Crippen MR) is 72.4 cm³/mol. The molecule has 1 aromatic rings. The molecule has 1 N–H and O–H groups in total. The number of carbonyl (C=O) groups is 1. The van der Waals surface area contributed by atoms with Crippen LogP contribution in [-0.4, -0.2) is 52.6 Å². The number of aliphatic hydroxyl groups excluding tert-OH is 1. The van der Waals surface area contributed by atoms with Gasteiger partial charge in [0.1, 0.15) is 12.4 Å². The van der Waals surface area contributed by atoms with Crippen LogP contribution in [0.15, 0.2) is 24.3 Å². The molecule has 0 radical (unpaired) electrons. The molecule has 3 rings (SSSR count). The van der Waals surface area contributed by atoms with Crippen LogP contribution in [0, 0.1) is 5.82 Å². The Kier molecular flexibility index (Phi) is 3.72. The molecule has 2 fully saturated rings. The normalized spacial score (nSPS) is 26.0. The molecule has 2 saturated heterocycles. The van der Waals surface area contributed by atoms with Crippen LogP contribution in [0.25, 0.3) is 0 Å². The summed E-state index contributed by atoms with van der Waals surface area (Å²) in [6.07, 6.45) is 2.02. The highest BCUT2D eigenvalue weighted by atomic mass is 19.1. The summed E-state index contributed by atoms with van der Waals surface area (Å²) in [4.78, 5) is 15.9. The number of halogens is 1. The van der Waals surface area contributed by atoms with E-state index in [0.29, 0.717) is 0 Å². The Bertz CT molecular complexity index is 477. The molecule has 0 saturated carbocycles. The molecule has 2 atom stereocenters. The zero-order valence-corrected chi connectivity index (χ0v) is 11.3. The average molecular weight is 278 g/mol. The van der Waals surface area contributed by atoms with Crippen molar-refractivity contribution in [3.8, 4) is 0 Å². The van der Waals surface area contributed by atoms with Crippen LogP contribution in [0.4, 0.5) is 4.39 Å². The highest BCUT2D eigenvalue weighted by Crippen LogP contribution is 2.30. The highest BCUT2D eigenvalue weighted by molar-refractivity contribution is 5.78. The maximum Gasteiger partial charge on any atom is 0.248 e. The monoisotopic (exact) mass is 278 g/mol. The van der Waals surface area contributed by atoms with Gasteiger partial charge in [-0.1, -0.05) is 12.1 Å². The van der Waals surface area contributed by atoms with Crippen molar-refractivity contribution in [3.05, 3.63) is 35.6 Å². The molecule has 1 aromatic carbocycles. The summed E-state index contributed by atoms with van der Waals surface area (Å²) in [6.45, 7) is 2.05. The van der Waals surface area contributed by atoms with E-state index < -0.39 is 6.61 Å². The van der Waals surface area contributed by atoms with Crippen molar-refractivity contribution in [1.82, 2.24) is 9.80 Å². The van der Waals surface area contributed by atoms with Crippen molar-refractivity contribution in [2.24, 2.45) is 0 Å². The molecule has 0 aromatic heterocycles. The minimum absolute atomic E-state index is 0.154. The van der Waals surface area contributed by atoms with Gasteiger partial charge in [0, 0.05) is 31.7 Å². The van der Waals surface area contributed by atoms with E-state index >= 15 is 0 Å². The summed E-state index contributed by atoms with van der Waals surface area (Å²) in [6, 6.07) is 7.01. The second kappa shape index (κ2) is 5.50. The Morgan fingerprint density at radius 2 is 1.80 bits per heavy atom. The third-order valence-corrected chi connectivity index (χ3v) is 4.30. The molecular weight excluding hydrogens is 259 g/mol. The van der Waals surface area contributed by atoms with Crippen LogP contribution in [0.2, 0.25) is 0 Å². The van der Waals surface area contributed by atoms with E-state index in [1.165, 1.54) is 12.1 Å². The number of benzene rings is 1. The number of amides is 1. The van der Waals surface area contributed by atoms with E-state index in [-0.39, 0.29) is 23.8 Å². The maximum absolute atomic E-state index is 12.9. The highest BCUT2D eigenvalue weighted by Gasteiger charge is 2.41. The number of piperazine rings is 1. The van der Waals surface area contributed by atoms with Crippen molar-refractivity contribution in [1.29, 1.82) is 0 Å². The summed E-state index contributed by atoms with van der Waals surface area (Å²) < 4.78 is 12.9. The molecule has 108 valence electrons. The number of hydrogen-bond donors (Lipinski definition) is 1. The van der Waals surface area contributed by atoms with Gasteiger partial charge in [0.25, 0.3) is 0 Å². The summed E-state index contributed by atoms with van der Waals surface area (Å²) in [5.74, 6) is -0.369. The minimum atomic E-state index is -0.398. The van der Waals surface area contributed by atoms with Crippen LogP contribution >= 0.6 is 0 Å². The quantitative estimate of drug-likeness (QED) is 0.897. The first kappa shape index (κ1) is 13.5. The summed E-state index contributed by atoms with van der Waals surface area (Å²) in [5, 5.41) is 9.04. The Labute approximate surface area is 117 Å². The molecule has 2 heterocycles. The van der Waals surface area contributed by atoms with Gasteiger partial charge in [0.15, 0.2) is 0 Å². The van der Waals surface area contributed by atoms with Gasteiger partial charge in [-0.2, -0.15) is 0 Å². The number of aliphatic hydroxyl groups is 1. The van der Waals surface area contributed by atoms with Crippen LogP contribution < -0.4 is 0 Å². The van der Waals surface area contributed by atoms with Gasteiger partial charge >= 0.3 is 0 Å². The molecule has 2 bridgehead atoms. The fraction of sp³-hybridized carbons (Fsp3) is 0.533. The van der Waals surface area contributed by atoms with Gasteiger partial charge in [-0.3, -0.25) is 9.69 Å². The topological polar surface area (TPSA) is 43.8 Å². The van der Waals surface area contributed by atoms with E-state index in [2.05, 4.69) is 4.90 Å². The van der Waals surface area contributed by atoms with E-state index in [9.17, 15) is 9.18 Å². The Balaban J connectivity index is 1.65. The molecule has 0 aliphatic carbocycles. The smallest absolute Gasteiger partial charge is 0.248 e. The lowest BCUT2D eigenvalue weighted by Gasteiger charge is -2.40. The van der Waals surface area contributed by atoms with Crippen LogP contribution in [-0.2, 0) is 11.3 Å². The van der Waals surface area contributed by atoms with Gasteiger partial charge in [-0.25, -0.2) is 4.39 Å². The number of nitrogens with zero attached hydrogens (tertiary/aromatic N) is 2. The second-order valence-corrected chi connectivity index (χ2v) is 5.66.